The number of fused-ring (bicyclic) bond motifs is 3. The van der Waals surface area contributed by atoms with E-state index in [9.17, 15) is 9.90 Å². The number of rotatable bonds is 5. The average molecular weight is 401 g/mol. The Morgan fingerprint density at radius 3 is 2.69 bits per heavy atom. The highest BCUT2D eigenvalue weighted by Gasteiger charge is 2.38. The van der Waals surface area contributed by atoms with Crippen molar-refractivity contribution in [2.75, 3.05) is 19.6 Å². The highest BCUT2D eigenvalue weighted by Crippen LogP contribution is 2.40. The Morgan fingerprint density at radius 1 is 1.38 bits per heavy atom. The van der Waals surface area contributed by atoms with E-state index in [2.05, 4.69) is 23.8 Å². The van der Waals surface area contributed by atoms with Gasteiger partial charge in [0.05, 0.1) is 11.8 Å². The number of aromatic amines is 1. The summed E-state index contributed by atoms with van der Waals surface area (Å²) in [5, 5.41) is 11.9. The minimum absolute atomic E-state index is 0.0788. The maximum atomic E-state index is 13.2. The van der Waals surface area contributed by atoms with Crippen molar-refractivity contribution in [3.63, 3.8) is 0 Å². The van der Waals surface area contributed by atoms with Crippen molar-refractivity contribution in [1.29, 1.82) is 0 Å². The number of carbonyl (C=O) groups excluding carboxylic acids is 1. The predicted molar refractivity (Wildman–Crippen MR) is 114 cm³/mol. The second-order valence-corrected chi connectivity index (χ2v) is 8.36. The van der Waals surface area contributed by atoms with E-state index in [4.69, 9.17) is 4.74 Å². The number of nitrogens with zero attached hydrogens (tertiary/aromatic N) is 3. The van der Waals surface area contributed by atoms with Gasteiger partial charge in [0.1, 0.15) is 5.65 Å². The molecule has 1 unspecified atom stereocenters. The third-order valence-electron chi connectivity index (χ3n) is 5.34. The lowest BCUT2D eigenvalue weighted by atomic mass is 9.82. The zero-order valence-electron chi connectivity index (χ0n) is 18.2. The number of aliphatic hydroxyl groups is 1. The fourth-order valence-electron chi connectivity index (χ4n) is 4.04. The van der Waals surface area contributed by atoms with Crippen molar-refractivity contribution in [3.8, 4) is 0 Å². The molecule has 3 heterocycles. The van der Waals surface area contributed by atoms with Crippen molar-refractivity contribution >= 4 is 22.6 Å². The standard InChI is InChI=1S/C22H32N4O3/c1-7-25(8-2)21(28)26-12-16(20(27)29-14(3)4)18-17(22(5,6)13-26)15-10-9-11-23-19(15)24-18/h9-12,14,20,27H,7-8,13H2,1-6H3,(H,23,24). The Bertz CT molecular complexity index is 912. The molecule has 7 heteroatoms. The van der Waals surface area contributed by atoms with E-state index in [1.54, 1.807) is 22.2 Å². The third-order valence-corrected chi connectivity index (χ3v) is 5.34. The Kier molecular flexibility index (Phi) is 6.00. The van der Waals surface area contributed by atoms with Gasteiger partial charge in [0.15, 0.2) is 6.29 Å². The number of aliphatic hydroxyl groups excluding tert-OH is 1. The van der Waals surface area contributed by atoms with Crippen molar-refractivity contribution in [2.24, 2.45) is 0 Å². The Balaban J connectivity index is 2.19. The number of nitrogens with one attached hydrogen (secondary N) is 1. The minimum atomic E-state index is -1.16. The summed E-state index contributed by atoms with van der Waals surface area (Å²) in [6.45, 7) is 13.6. The third kappa shape index (κ3) is 4.02. The van der Waals surface area contributed by atoms with Gasteiger partial charge in [-0.3, -0.25) is 4.90 Å². The van der Waals surface area contributed by atoms with Gasteiger partial charge >= 0.3 is 6.03 Å². The molecule has 29 heavy (non-hydrogen) atoms. The molecule has 7 nitrogen and oxygen atoms in total. The van der Waals surface area contributed by atoms with E-state index in [0.717, 1.165) is 22.3 Å². The normalized spacial score (nSPS) is 17.1. The van der Waals surface area contributed by atoms with Gasteiger partial charge in [-0.2, -0.15) is 0 Å². The summed E-state index contributed by atoms with van der Waals surface area (Å²) >= 11 is 0. The number of hydrogen-bond acceptors (Lipinski definition) is 4. The van der Waals surface area contributed by atoms with E-state index in [1.165, 1.54) is 0 Å². The van der Waals surface area contributed by atoms with E-state index >= 15 is 0 Å². The summed E-state index contributed by atoms with van der Waals surface area (Å²) in [5.41, 5.74) is 2.74. The molecule has 0 fully saturated rings. The van der Waals surface area contributed by atoms with E-state index in [-0.39, 0.29) is 17.6 Å². The Labute approximate surface area is 172 Å². The van der Waals surface area contributed by atoms with Crippen LogP contribution in [0.3, 0.4) is 0 Å². The first kappa shape index (κ1) is 21.3. The number of ether oxygens (including phenoxy) is 1. The van der Waals surface area contributed by atoms with Crippen LogP contribution >= 0.6 is 0 Å². The predicted octanol–water partition coefficient (Wildman–Crippen LogP) is 3.70. The number of carbonyl (C=O) groups is 1. The van der Waals surface area contributed by atoms with Crippen LogP contribution in [0.1, 0.15) is 52.8 Å². The van der Waals surface area contributed by atoms with E-state index < -0.39 is 6.29 Å². The van der Waals surface area contributed by atoms with Gasteiger partial charge in [-0.05, 0) is 45.4 Å². The van der Waals surface area contributed by atoms with Crippen molar-refractivity contribution < 1.29 is 14.6 Å². The Morgan fingerprint density at radius 2 is 2.07 bits per heavy atom. The SMILES string of the molecule is CCN(CC)C(=O)N1C=C(C(O)OC(C)C)c2[nH]c3ncccc3c2C(C)(C)C1. The van der Waals surface area contributed by atoms with Crippen LogP contribution in [-0.4, -0.2) is 62.9 Å². The second kappa shape index (κ2) is 8.16. The smallest absolute Gasteiger partial charge is 0.324 e. The first-order valence-corrected chi connectivity index (χ1v) is 10.3. The molecule has 3 rings (SSSR count). The molecule has 158 valence electrons. The number of aromatic nitrogens is 2. The van der Waals surface area contributed by atoms with Crippen LogP contribution < -0.4 is 0 Å². The van der Waals surface area contributed by atoms with Crippen LogP contribution in [-0.2, 0) is 10.2 Å². The lowest BCUT2D eigenvalue weighted by Gasteiger charge is -2.32. The molecule has 0 aliphatic carbocycles. The van der Waals surface area contributed by atoms with Crippen LogP contribution in [0.15, 0.2) is 24.5 Å². The zero-order valence-corrected chi connectivity index (χ0v) is 18.2. The largest absolute Gasteiger partial charge is 0.364 e. The lowest BCUT2D eigenvalue weighted by Crippen LogP contribution is -2.44. The lowest BCUT2D eigenvalue weighted by molar-refractivity contribution is -0.0859. The molecule has 0 spiro atoms. The Hall–Kier alpha value is -2.38. The van der Waals surface area contributed by atoms with Crippen LogP contribution in [0.2, 0.25) is 0 Å². The van der Waals surface area contributed by atoms with E-state index in [0.29, 0.717) is 25.2 Å². The van der Waals surface area contributed by atoms with Crippen molar-refractivity contribution in [3.05, 3.63) is 35.8 Å². The fourth-order valence-corrected chi connectivity index (χ4v) is 4.04. The number of amides is 2. The van der Waals surface area contributed by atoms with Gasteiger partial charge in [0.25, 0.3) is 0 Å². The summed E-state index contributed by atoms with van der Waals surface area (Å²) in [5.74, 6) is 0. The van der Waals surface area contributed by atoms with Crippen molar-refractivity contribution in [2.45, 2.75) is 59.4 Å². The first-order valence-electron chi connectivity index (χ1n) is 10.3. The maximum Gasteiger partial charge on any atom is 0.324 e. The number of H-pyrrole nitrogens is 1. The van der Waals surface area contributed by atoms with Gasteiger partial charge in [0, 0.05) is 48.4 Å². The van der Waals surface area contributed by atoms with Crippen molar-refractivity contribution in [1.82, 2.24) is 19.8 Å². The van der Waals surface area contributed by atoms with Crippen LogP contribution in [0.25, 0.3) is 16.6 Å². The molecule has 2 aromatic heterocycles. The van der Waals surface area contributed by atoms with Gasteiger partial charge in [-0.1, -0.05) is 13.8 Å². The topological polar surface area (TPSA) is 81.7 Å². The molecule has 0 bridgehead atoms. The van der Waals surface area contributed by atoms with Crippen LogP contribution in [0.4, 0.5) is 4.79 Å². The molecular formula is C22H32N4O3. The number of pyridine rings is 1. The summed E-state index contributed by atoms with van der Waals surface area (Å²) in [6.07, 6.45) is 2.14. The minimum Gasteiger partial charge on any atom is -0.364 e. The summed E-state index contributed by atoms with van der Waals surface area (Å²) in [6, 6.07) is 3.85. The quantitative estimate of drug-likeness (QED) is 0.750. The summed E-state index contributed by atoms with van der Waals surface area (Å²) < 4.78 is 5.70. The molecule has 0 aromatic carbocycles. The van der Waals surface area contributed by atoms with Crippen LogP contribution in [0, 0.1) is 0 Å². The average Bonchev–Trinajstić information content (AvgIpc) is 2.99. The molecule has 0 saturated heterocycles. The highest BCUT2D eigenvalue weighted by atomic mass is 16.6. The second-order valence-electron chi connectivity index (χ2n) is 8.36. The van der Waals surface area contributed by atoms with E-state index in [1.807, 2.05) is 39.8 Å². The van der Waals surface area contributed by atoms with Gasteiger partial charge in [-0.25, -0.2) is 9.78 Å². The zero-order chi connectivity index (χ0) is 21.3. The molecule has 2 amide bonds. The van der Waals surface area contributed by atoms with Gasteiger partial charge < -0.3 is 19.7 Å². The molecule has 1 aliphatic heterocycles. The first-order chi connectivity index (χ1) is 13.7. The molecular weight excluding hydrogens is 368 g/mol. The summed E-state index contributed by atoms with van der Waals surface area (Å²) in [7, 11) is 0. The summed E-state index contributed by atoms with van der Waals surface area (Å²) in [4.78, 5) is 24.5. The molecule has 1 atom stereocenters. The molecule has 2 N–H and O–H groups in total. The van der Waals surface area contributed by atoms with Gasteiger partial charge in [-0.15, -0.1) is 0 Å². The molecule has 0 saturated carbocycles. The molecule has 0 radical (unpaired) electrons. The molecule has 2 aromatic rings. The van der Waals surface area contributed by atoms with Crippen LogP contribution in [0.5, 0.6) is 0 Å². The molecule has 1 aliphatic rings. The fraction of sp³-hybridized carbons (Fsp3) is 0.545. The number of hydrogen-bond donors (Lipinski definition) is 2. The highest BCUT2D eigenvalue weighted by molar-refractivity contribution is 5.90. The van der Waals surface area contributed by atoms with Gasteiger partial charge in [0.2, 0.25) is 0 Å². The maximum absolute atomic E-state index is 13.2. The monoisotopic (exact) mass is 400 g/mol. The number of urea groups is 1.